The van der Waals surface area contributed by atoms with Crippen molar-refractivity contribution in [3.05, 3.63) is 52.0 Å². The molecule has 0 aromatic heterocycles. The number of amides is 1. The van der Waals surface area contributed by atoms with Crippen molar-refractivity contribution in [2.24, 2.45) is 0 Å². The molecule has 0 atom stereocenters. The Kier molecular flexibility index (Phi) is 7.52. The van der Waals surface area contributed by atoms with Gasteiger partial charge in [-0.3, -0.25) is 14.6 Å². The number of carbonyl (C=O) groups excluding carboxylic acids is 1. The van der Waals surface area contributed by atoms with Gasteiger partial charge in [0.05, 0.1) is 26.5 Å². The largest absolute Gasteiger partial charge is 0.497 e. The van der Waals surface area contributed by atoms with Crippen LogP contribution in [-0.2, 0) is 11.3 Å². The van der Waals surface area contributed by atoms with E-state index in [-0.39, 0.29) is 5.91 Å². The molecule has 1 amide bonds. The van der Waals surface area contributed by atoms with Gasteiger partial charge in [-0.25, -0.2) is 0 Å². The van der Waals surface area contributed by atoms with Crippen LogP contribution in [0, 0.1) is 6.92 Å². The molecule has 0 aliphatic carbocycles. The molecule has 1 fully saturated rings. The maximum absolute atomic E-state index is 12.4. The van der Waals surface area contributed by atoms with E-state index in [2.05, 4.69) is 31.0 Å². The highest BCUT2D eigenvalue weighted by molar-refractivity contribution is 9.10. The summed E-state index contributed by atoms with van der Waals surface area (Å²) in [6, 6.07) is 11.8. The minimum Gasteiger partial charge on any atom is -0.497 e. The number of hydrogen-bond acceptors (Lipinski definition) is 5. The summed E-state index contributed by atoms with van der Waals surface area (Å²) in [5.74, 6) is 1.71. The van der Waals surface area contributed by atoms with Gasteiger partial charge in [-0.05, 0) is 58.7 Å². The maximum atomic E-state index is 12.4. The Morgan fingerprint density at radius 3 is 2.41 bits per heavy atom. The van der Waals surface area contributed by atoms with E-state index in [0.29, 0.717) is 6.54 Å². The molecule has 0 bridgehead atoms. The van der Waals surface area contributed by atoms with Gasteiger partial charge in [0, 0.05) is 42.8 Å². The van der Waals surface area contributed by atoms with Crippen LogP contribution in [0.4, 0.5) is 5.69 Å². The Balaban J connectivity index is 1.50. The third kappa shape index (κ3) is 5.95. The summed E-state index contributed by atoms with van der Waals surface area (Å²) in [4.78, 5) is 17.0. The second-order valence-corrected chi connectivity index (χ2v) is 8.12. The number of benzene rings is 2. The van der Waals surface area contributed by atoms with Crippen LogP contribution in [0.15, 0.2) is 40.9 Å². The van der Waals surface area contributed by atoms with E-state index in [1.807, 2.05) is 43.3 Å². The van der Waals surface area contributed by atoms with E-state index in [4.69, 9.17) is 9.47 Å². The smallest absolute Gasteiger partial charge is 0.238 e. The summed E-state index contributed by atoms with van der Waals surface area (Å²) in [6.45, 7) is 6.75. The van der Waals surface area contributed by atoms with Crippen LogP contribution in [0.25, 0.3) is 0 Å². The standard InChI is InChI=1S/C22H28BrN3O3/c1-16-4-6-20(19(23)12-16)24-22(27)15-26-10-8-25(9-11-26)14-17-13-18(28-2)5-7-21(17)29-3/h4-7,12-13H,8-11,14-15H2,1-3H3,(H,24,27). The van der Waals surface area contributed by atoms with Gasteiger partial charge in [0.1, 0.15) is 11.5 Å². The zero-order valence-electron chi connectivity index (χ0n) is 17.2. The number of anilines is 1. The lowest BCUT2D eigenvalue weighted by Crippen LogP contribution is -2.48. The second-order valence-electron chi connectivity index (χ2n) is 7.26. The van der Waals surface area contributed by atoms with Crippen molar-refractivity contribution >= 4 is 27.5 Å². The Morgan fingerprint density at radius 1 is 1.03 bits per heavy atom. The number of carbonyl (C=O) groups is 1. The molecule has 156 valence electrons. The first kappa shape index (κ1) is 21.6. The Labute approximate surface area is 180 Å². The number of halogens is 1. The molecule has 6 nitrogen and oxygen atoms in total. The van der Waals surface area contributed by atoms with Crippen LogP contribution in [0.3, 0.4) is 0 Å². The van der Waals surface area contributed by atoms with Crippen LogP contribution < -0.4 is 14.8 Å². The van der Waals surface area contributed by atoms with Gasteiger partial charge in [-0.1, -0.05) is 6.07 Å². The molecule has 3 rings (SSSR count). The molecular weight excluding hydrogens is 434 g/mol. The molecule has 1 aliphatic rings. The van der Waals surface area contributed by atoms with Crippen molar-refractivity contribution in [2.75, 3.05) is 52.3 Å². The summed E-state index contributed by atoms with van der Waals surface area (Å²) in [6.07, 6.45) is 0. The summed E-state index contributed by atoms with van der Waals surface area (Å²) in [5.41, 5.74) is 3.07. The molecular formula is C22H28BrN3O3. The van der Waals surface area contributed by atoms with Gasteiger partial charge < -0.3 is 14.8 Å². The Morgan fingerprint density at radius 2 is 1.76 bits per heavy atom. The average molecular weight is 462 g/mol. The molecule has 2 aromatic rings. The average Bonchev–Trinajstić information content (AvgIpc) is 2.71. The molecule has 29 heavy (non-hydrogen) atoms. The number of aryl methyl sites for hydroxylation is 1. The molecule has 0 saturated carbocycles. The van der Waals surface area contributed by atoms with Gasteiger partial charge in [0.25, 0.3) is 0 Å². The van der Waals surface area contributed by atoms with Crippen LogP contribution in [-0.4, -0.2) is 62.7 Å². The minimum absolute atomic E-state index is 0.0115. The van der Waals surface area contributed by atoms with Gasteiger partial charge in [0.2, 0.25) is 5.91 Å². The molecule has 0 unspecified atom stereocenters. The number of piperazine rings is 1. The molecule has 2 aromatic carbocycles. The van der Waals surface area contributed by atoms with E-state index in [1.165, 1.54) is 0 Å². The van der Waals surface area contributed by atoms with Crippen LogP contribution in [0.2, 0.25) is 0 Å². The van der Waals surface area contributed by atoms with Crippen LogP contribution >= 0.6 is 15.9 Å². The fourth-order valence-corrected chi connectivity index (χ4v) is 4.06. The monoisotopic (exact) mass is 461 g/mol. The van der Waals surface area contributed by atoms with Crippen LogP contribution in [0.1, 0.15) is 11.1 Å². The van der Waals surface area contributed by atoms with E-state index in [9.17, 15) is 4.79 Å². The molecule has 1 heterocycles. The first-order valence-corrected chi connectivity index (χ1v) is 10.5. The molecule has 0 radical (unpaired) electrons. The molecule has 1 aliphatic heterocycles. The summed E-state index contributed by atoms with van der Waals surface area (Å²) in [5, 5.41) is 2.99. The van der Waals surface area contributed by atoms with E-state index in [0.717, 1.165) is 65.5 Å². The third-order valence-corrected chi connectivity index (χ3v) is 5.77. The third-order valence-electron chi connectivity index (χ3n) is 5.11. The zero-order chi connectivity index (χ0) is 20.8. The lowest BCUT2D eigenvalue weighted by Gasteiger charge is -2.34. The van der Waals surface area contributed by atoms with Crippen molar-refractivity contribution in [1.82, 2.24) is 9.80 Å². The topological polar surface area (TPSA) is 54.0 Å². The van der Waals surface area contributed by atoms with Gasteiger partial charge in [0.15, 0.2) is 0 Å². The SMILES string of the molecule is COc1ccc(OC)c(CN2CCN(CC(=O)Nc3ccc(C)cc3Br)CC2)c1. The molecule has 1 saturated heterocycles. The van der Waals surface area contributed by atoms with Crippen molar-refractivity contribution in [3.63, 3.8) is 0 Å². The summed E-state index contributed by atoms with van der Waals surface area (Å²) < 4.78 is 11.7. The van der Waals surface area contributed by atoms with Crippen molar-refractivity contribution < 1.29 is 14.3 Å². The fourth-order valence-electron chi connectivity index (χ4n) is 3.47. The number of nitrogens with zero attached hydrogens (tertiary/aromatic N) is 2. The zero-order valence-corrected chi connectivity index (χ0v) is 18.8. The lowest BCUT2D eigenvalue weighted by molar-refractivity contribution is -0.117. The number of ether oxygens (including phenoxy) is 2. The lowest BCUT2D eigenvalue weighted by atomic mass is 10.1. The number of rotatable bonds is 7. The van der Waals surface area contributed by atoms with Gasteiger partial charge in [-0.2, -0.15) is 0 Å². The summed E-state index contributed by atoms with van der Waals surface area (Å²) >= 11 is 3.51. The normalized spacial score (nSPS) is 15.2. The molecule has 1 N–H and O–H groups in total. The second kappa shape index (κ2) is 10.1. The summed E-state index contributed by atoms with van der Waals surface area (Å²) in [7, 11) is 3.36. The van der Waals surface area contributed by atoms with Crippen LogP contribution in [0.5, 0.6) is 11.5 Å². The van der Waals surface area contributed by atoms with Crippen molar-refractivity contribution in [1.29, 1.82) is 0 Å². The maximum Gasteiger partial charge on any atom is 0.238 e. The van der Waals surface area contributed by atoms with E-state index in [1.54, 1.807) is 14.2 Å². The molecule has 0 spiro atoms. The minimum atomic E-state index is 0.0115. The number of hydrogen-bond donors (Lipinski definition) is 1. The van der Waals surface area contributed by atoms with Gasteiger partial charge >= 0.3 is 0 Å². The quantitative estimate of drug-likeness (QED) is 0.683. The Bertz CT molecular complexity index is 851. The number of nitrogens with one attached hydrogen (secondary N) is 1. The Hall–Kier alpha value is -2.09. The highest BCUT2D eigenvalue weighted by atomic mass is 79.9. The van der Waals surface area contributed by atoms with E-state index < -0.39 is 0 Å². The first-order chi connectivity index (χ1) is 14.0. The first-order valence-electron chi connectivity index (χ1n) is 9.70. The van der Waals surface area contributed by atoms with Gasteiger partial charge in [-0.15, -0.1) is 0 Å². The fraction of sp³-hybridized carbons (Fsp3) is 0.409. The van der Waals surface area contributed by atoms with Crippen molar-refractivity contribution in [3.8, 4) is 11.5 Å². The predicted molar refractivity (Wildman–Crippen MR) is 119 cm³/mol. The highest BCUT2D eigenvalue weighted by Crippen LogP contribution is 2.26. The highest BCUT2D eigenvalue weighted by Gasteiger charge is 2.20. The van der Waals surface area contributed by atoms with Crippen molar-refractivity contribution in [2.45, 2.75) is 13.5 Å². The molecule has 7 heteroatoms. The van der Waals surface area contributed by atoms with E-state index >= 15 is 0 Å². The number of methoxy groups -OCH3 is 2. The predicted octanol–water partition coefficient (Wildman–Crippen LogP) is 3.53.